The zero-order chi connectivity index (χ0) is 14.9. The molecular formula is C15H23NO4. The van der Waals surface area contributed by atoms with Crippen molar-refractivity contribution in [2.45, 2.75) is 52.4 Å². The van der Waals surface area contributed by atoms with Crippen LogP contribution in [0.5, 0.6) is 0 Å². The first-order chi connectivity index (χ1) is 9.30. The number of carboxylic acid groups (broad SMARTS) is 1. The predicted octanol–water partition coefficient (Wildman–Crippen LogP) is 2.05. The van der Waals surface area contributed by atoms with Gasteiger partial charge < -0.3 is 5.11 Å². The van der Waals surface area contributed by atoms with Crippen LogP contribution >= 0.6 is 0 Å². The van der Waals surface area contributed by atoms with E-state index < -0.39 is 11.9 Å². The van der Waals surface area contributed by atoms with E-state index in [2.05, 4.69) is 0 Å². The third-order valence-electron chi connectivity index (χ3n) is 4.51. The van der Waals surface area contributed by atoms with Crippen molar-refractivity contribution >= 4 is 17.8 Å². The van der Waals surface area contributed by atoms with Gasteiger partial charge in [0.15, 0.2) is 0 Å². The molecule has 0 aromatic heterocycles. The molecular weight excluding hydrogens is 258 g/mol. The van der Waals surface area contributed by atoms with Gasteiger partial charge in [-0.15, -0.1) is 0 Å². The molecule has 1 heterocycles. The van der Waals surface area contributed by atoms with Crippen molar-refractivity contribution in [3.63, 3.8) is 0 Å². The summed E-state index contributed by atoms with van der Waals surface area (Å²) >= 11 is 0. The largest absolute Gasteiger partial charge is 0.481 e. The van der Waals surface area contributed by atoms with E-state index in [0.29, 0.717) is 19.3 Å². The topological polar surface area (TPSA) is 74.7 Å². The number of amides is 2. The molecule has 2 unspecified atom stereocenters. The zero-order valence-electron chi connectivity index (χ0n) is 12.2. The number of imide groups is 1. The Hall–Kier alpha value is -1.39. The van der Waals surface area contributed by atoms with Crippen molar-refractivity contribution in [2.24, 2.45) is 17.3 Å². The summed E-state index contributed by atoms with van der Waals surface area (Å²) in [4.78, 5) is 36.8. The number of carbonyl (C=O) groups is 3. The van der Waals surface area contributed by atoms with E-state index in [0.717, 1.165) is 19.3 Å². The summed E-state index contributed by atoms with van der Waals surface area (Å²) in [5, 5.41) is 9.26. The van der Waals surface area contributed by atoms with E-state index >= 15 is 0 Å². The van der Waals surface area contributed by atoms with Crippen LogP contribution in [0.2, 0.25) is 0 Å². The maximum absolute atomic E-state index is 12.1. The molecule has 5 heteroatoms. The Bertz CT molecular complexity index is 410. The highest BCUT2D eigenvalue weighted by atomic mass is 16.4. The molecule has 0 aromatic rings. The van der Waals surface area contributed by atoms with Gasteiger partial charge in [0.2, 0.25) is 11.8 Å². The van der Waals surface area contributed by atoms with Gasteiger partial charge in [-0.3, -0.25) is 19.3 Å². The highest BCUT2D eigenvalue weighted by molar-refractivity contribution is 5.98. The Kier molecular flexibility index (Phi) is 4.16. The Morgan fingerprint density at radius 1 is 1.20 bits per heavy atom. The number of piperidine rings is 1. The molecule has 1 aliphatic heterocycles. The number of aliphatic carboxylic acids is 1. The molecule has 0 bridgehead atoms. The molecule has 1 aliphatic carbocycles. The van der Waals surface area contributed by atoms with E-state index in [1.165, 1.54) is 4.90 Å². The average molecular weight is 281 g/mol. The van der Waals surface area contributed by atoms with E-state index in [4.69, 9.17) is 0 Å². The number of carboxylic acids is 1. The second-order valence-electron chi connectivity index (χ2n) is 6.91. The first-order valence-electron chi connectivity index (χ1n) is 7.36. The second kappa shape index (κ2) is 5.54. The van der Waals surface area contributed by atoms with Gasteiger partial charge in [0.05, 0.1) is 5.92 Å². The van der Waals surface area contributed by atoms with E-state index in [9.17, 15) is 19.5 Å². The Labute approximate surface area is 119 Å². The maximum Gasteiger partial charge on any atom is 0.306 e. The van der Waals surface area contributed by atoms with Gasteiger partial charge in [-0.05, 0) is 24.2 Å². The average Bonchev–Trinajstić information content (AvgIpc) is 2.33. The van der Waals surface area contributed by atoms with Crippen LogP contribution in [0.15, 0.2) is 0 Å². The van der Waals surface area contributed by atoms with Gasteiger partial charge in [0, 0.05) is 19.4 Å². The highest BCUT2D eigenvalue weighted by Crippen LogP contribution is 2.35. The summed E-state index contributed by atoms with van der Waals surface area (Å²) in [6.07, 6.45) is 4.07. The lowest BCUT2D eigenvalue weighted by Gasteiger charge is -2.38. The third kappa shape index (κ3) is 3.19. The van der Waals surface area contributed by atoms with Crippen molar-refractivity contribution in [2.75, 3.05) is 6.54 Å². The summed E-state index contributed by atoms with van der Waals surface area (Å²) in [5.41, 5.74) is -0.274. The second-order valence-corrected chi connectivity index (χ2v) is 6.91. The first-order valence-corrected chi connectivity index (χ1v) is 7.36. The van der Waals surface area contributed by atoms with Crippen LogP contribution < -0.4 is 0 Å². The highest BCUT2D eigenvalue weighted by Gasteiger charge is 2.40. The van der Waals surface area contributed by atoms with Crippen molar-refractivity contribution in [3.05, 3.63) is 0 Å². The van der Waals surface area contributed by atoms with Crippen LogP contribution in [0.3, 0.4) is 0 Å². The smallest absolute Gasteiger partial charge is 0.306 e. The van der Waals surface area contributed by atoms with Crippen LogP contribution in [0, 0.1) is 17.3 Å². The predicted molar refractivity (Wildman–Crippen MR) is 72.8 cm³/mol. The number of hydrogen-bond acceptors (Lipinski definition) is 3. The van der Waals surface area contributed by atoms with Crippen LogP contribution in [0.4, 0.5) is 0 Å². The molecule has 2 aliphatic rings. The molecule has 2 atom stereocenters. The normalized spacial score (nSPS) is 30.4. The van der Waals surface area contributed by atoms with Gasteiger partial charge in [-0.2, -0.15) is 0 Å². The number of likely N-dealkylation sites (tertiary alicyclic amines) is 1. The summed E-state index contributed by atoms with van der Waals surface area (Å²) in [6.45, 7) is 4.12. The van der Waals surface area contributed by atoms with Crippen LogP contribution in [-0.4, -0.2) is 34.3 Å². The molecule has 1 saturated carbocycles. The molecule has 2 fully saturated rings. The standard InChI is InChI=1S/C15H23NO4/c1-15(2)7-12(17)16(13(18)8-15)9-10-5-3-4-6-11(10)14(19)20/h10-11H,3-9H2,1-2H3,(H,19,20). The molecule has 0 radical (unpaired) electrons. The molecule has 0 aromatic carbocycles. The van der Waals surface area contributed by atoms with Crippen molar-refractivity contribution in [3.8, 4) is 0 Å². The van der Waals surface area contributed by atoms with Crippen LogP contribution in [0.25, 0.3) is 0 Å². The molecule has 2 rings (SSSR count). The van der Waals surface area contributed by atoms with Crippen LogP contribution in [0.1, 0.15) is 52.4 Å². The summed E-state index contributed by atoms with van der Waals surface area (Å²) in [5.74, 6) is -1.61. The lowest BCUT2D eigenvalue weighted by atomic mass is 9.77. The lowest BCUT2D eigenvalue weighted by molar-refractivity contribution is -0.156. The van der Waals surface area contributed by atoms with Crippen LogP contribution in [-0.2, 0) is 14.4 Å². The fraction of sp³-hybridized carbons (Fsp3) is 0.800. The molecule has 5 nitrogen and oxygen atoms in total. The van der Waals surface area contributed by atoms with E-state index in [1.54, 1.807) is 0 Å². The van der Waals surface area contributed by atoms with E-state index in [1.807, 2.05) is 13.8 Å². The van der Waals surface area contributed by atoms with Crippen molar-refractivity contribution in [1.29, 1.82) is 0 Å². The number of hydrogen-bond donors (Lipinski definition) is 1. The monoisotopic (exact) mass is 281 g/mol. The number of nitrogens with zero attached hydrogens (tertiary/aromatic N) is 1. The van der Waals surface area contributed by atoms with Gasteiger partial charge >= 0.3 is 5.97 Å². The Morgan fingerprint density at radius 3 is 2.30 bits per heavy atom. The molecule has 2 amide bonds. The minimum atomic E-state index is -0.799. The van der Waals surface area contributed by atoms with Crippen molar-refractivity contribution < 1.29 is 19.5 Å². The summed E-state index contributed by atoms with van der Waals surface area (Å²) in [7, 11) is 0. The molecule has 1 saturated heterocycles. The quantitative estimate of drug-likeness (QED) is 0.803. The SMILES string of the molecule is CC1(C)CC(=O)N(CC2CCCCC2C(=O)O)C(=O)C1. The first kappa shape index (κ1) is 15.0. The summed E-state index contributed by atoms with van der Waals surface area (Å²) in [6, 6.07) is 0. The van der Waals surface area contributed by atoms with Gasteiger partial charge in [0.25, 0.3) is 0 Å². The molecule has 20 heavy (non-hydrogen) atoms. The molecule has 112 valence electrons. The minimum Gasteiger partial charge on any atom is -0.481 e. The fourth-order valence-electron chi connectivity index (χ4n) is 3.40. The summed E-state index contributed by atoms with van der Waals surface area (Å²) < 4.78 is 0. The number of rotatable bonds is 3. The minimum absolute atomic E-state index is 0.0876. The molecule has 1 N–H and O–H groups in total. The lowest BCUT2D eigenvalue weighted by Crippen LogP contribution is -2.49. The maximum atomic E-state index is 12.1. The van der Waals surface area contributed by atoms with Gasteiger partial charge in [-0.25, -0.2) is 0 Å². The zero-order valence-corrected chi connectivity index (χ0v) is 12.2. The Morgan fingerprint density at radius 2 is 1.75 bits per heavy atom. The number of carbonyl (C=O) groups excluding carboxylic acids is 2. The third-order valence-corrected chi connectivity index (χ3v) is 4.51. The fourth-order valence-corrected chi connectivity index (χ4v) is 3.40. The van der Waals surface area contributed by atoms with Crippen molar-refractivity contribution in [1.82, 2.24) is 4.90 Å². The Balaban J connectivity index is 2.06. The van der Waals surface area contributed by atoms with Gasteiger partial charge in [0.1, 0.15) is 0 Å². The van der Waals surface area contributed by atoms with E-state index in [-0.39, 0.29) is 29.7 Å². The molecule has 0 spiro atoms. The van der Waals surface area contributed by atoms with Gasteiger partial charge in [-0.1, -0.05) is 26.7 Å².